The van der Waals surface area contributed by atoms with Gasteiger partial charge >= 0.3 is 0 Å². The van der Waals surface area contributed by atoms with E-state index in [1.807, 2.05) is 61.0 Å². The summed E-state index contributed by atoms with van der Waals surface area (Å²) in [6.45, 7) is 0. The Hall–Kier alpha value is -2.82. The second-order valence-corrected chi connectivity index (χ2v) is 9.02. The highest BCUT2D eigenvalue weighted by Crippen LogP contribution is 2.36. The average Bonchev–Trinajstić information content (AvgIpc) is 2.84. The van der Waals surface area contributed by atoms with Crippen molar-refractivity contribution >= 4 is 44.3 Å². The number of rotatable bonds is 7. The lowest BCUT2D eigenvalue weighted by Crippen LogP contribution is -2.09. The van der Waals surface area contributed by atoms with Crippen molar-refractivity contribution in [3.05, 3.63) is 140 Å². The highest BCUT2D eigenvalue weighted by molar-refractivity contribution is 9.10. The first-order chi connectivity index (χ1) is 15.7. The predicted molar refractivity (Wildman–Crippen MR) is 142 cm³/mol. The molecule has 0 unspecified atom stereocenters. The van der Waals surface area contributed by atoms with Gasteiger partial charge in [-0.2, -0.15) is 0 Å². The average molecular weight is 546 g/mol. The lowest BCUT2D eigenvalue weighted by Gasteiger charge is -2.22. The minimum Gasteiger partial charge on any atom is -0.282 e. The summed E-state index contributed by atoms with van der Waals surface area (Å²) in [6.07, 6.45) is 3.87. The number of halogens is 2. The van der Waals surface area contributed by atoms with Gasteiger partial charge in [0.05, 0.1) is 0 Å². The molecule has 0 saturated carbocycles. The molecule has 0 bridgehead atoms. The van der Waals surface area contributed by atoms with Gasteiger partial charge in [-0.15, -0.1) is 0 Å². The van der Waals surface area contributed by atoms with Crippen LogP contribution in [-0.2, 0) is 0 Å². The summed E-state index contributed by atoms with van der Waals surface area (Å²) in [5.74, 6) is 0. The maximum atomic E-state index is 5.06. The van der Waals surface area contributed by atoms with Gasteiger partial charge in [-0.25, -0.2) is 0 Å². The van der Waals surface area contributed by atoms with Crippen molar-refractivity contribution in [3.8, 4) is 0 Å². The van der Waals surface area contributed by atoms with Gasteiger partial charge in [-0.1, -0.05) is 129 Å². The second kappa shape index (κ2) is 11.2. The molecule has 32 heavy (non-hydrogen) atoms. The summed E-state index contributed by atoms with van der Waals surface area (Å²) >= 11 is 7.26. The first kappa shape index (κ1) is 22.4. The van der Waals surface area contributed by atoms with Crippen LogP contribution in [-0.4, -0.2) is 12.4 Å². The van der Waals surface area contributed by atoms with Crippen molar-refractivity contribution in [1.82, 2.24) is 0 Å². The van der Waals surface area contributed by atoms with Crippen LogP contribution >= 0.6 is 31.9 Å². The number of hydrogen-bond donors (Lipinski definition) is 0. The summed E-state index contributed by atoms with van der Waals surface area (Å²) < 4.78 is 2.03. The Kier molecular flexibility index (Phi) is 7.81. The van der Waals surface area contributed by atoms with Crippen LogP contribution in [0.2, 0.25) is 0 Å². The van der Waals surface area contributed by atoms with E-state index >= 15 is 0 Å². The minimum atomic E-state index is -0.176. The van der Waals surface area contributed by atoms with Gasteiger partial charge in [0.1, 0.15) is 12.1 Å². The van der Waals surface area contributed by atoms with Crippen LogP contribution < -0.4 is 0 Å². The van der Waals surface area contributed by atoms with Crippen molar-refractivity contribution in [1.29, 1.82) is 0 Å². The summed E-state index contributed by atoms with van der Waals surface area (Å²) in [7, 11) is 0. The van der Waals surface area contributed by atoms with Crippen LogP contribution in [0.25, 0.3) is 0 Å². The molecule has 4 rings (SSSR count). The Morgan fingerprint density at radius 3 is 1.19 bits per heavy atom. The summed E-state index contributed by atoms with van der Waals surface area (Å²) in [5.41, 5.74) is 4.31. The van der Waals surface area contributed by atoms with Gasteiger partial charge in [0.15, 0.2) is 0 Å². The third-order valence-electron chi connectivity index (χ3n) is 5.14. The van der Waals surface area contributed by atoms with E-state index in [0.29, 0.717) is 0 Å². The fourth-order valence-electron chi connectivity index (χ4n) is 3.48. The van der Waals surface area contributed by atoms with Crippen molar-refractivity contribution in [3.63, 3.8) is 0 Å². The SMILES string of the molecule is Brc1ccccc1C=N[C@H](c1ccccc1)[C@H](N=Cc1ccccc1Br)c1ccccc1. The standard InChI is InChI=1S/C28H22Br2N2/c29-25-17-9-7-15-23(25)19-31-27(21-11-3-1-4-12-21)28(22-13-5-2-6-14-22)32-20-24-16-8-10-18-26(24)30/h1-20,27-28H/t27-,28-/m1/s1. The fourth-order valence-corrected chi connectivity index (χ4v) is 4.26. The maximum Gasteiger partial charge on any atom is 0.101 e. The number of benzene rings is 4. The zero-order valence-electron chi connectivity index (χ0n) is 17.4. The summed E-state index contributed by atoms with van der Waals surface area (Å²) in [4.78, 5) is 10.1. The molecule has 0 aliphatic rings. The molecule has 2 atom stereocenters. The van der Waals surface area contributed by atoms with Crippen LogP contribution in [0.5, 0.6) is 0 Å². The van der Waals surface area contributed by atoms with Gasteiger partial charge in [0.25, 0.3) is 0 Å². The Labute approximate surface area is 206 Å². The van der Waals surface area contributed by atoms with Gasteiger partial charge in [0, 0.05) is 32.5 Å². The van der Waals surface area contributed by atoms with Crippen molar-refractivity contribution in [2.75, 3.05) is 0 Å². The molecule has 0 aliphatic heterocycles. The monoisotopic (exact) mass is 544 g/mol. The first-order valence-corrected chi connectivity index (χ1v) is 12.0. The summed E-state index contributed by atoms with van der Waals surface area (Å²) in [5, 5.41) is 0. The molecular formula is C28H22Br2N2. The normalized spacial score (nSPS) is 13.4. The molecular weight excluding hydrogens is 524 g/mol. The predicted octanol–water partition coefficient (Wildman–Crippen LogP) is 8.23. The first-order valence-electron chi connectivity index (χ1n) is 10.4. The number of hydrogen-bond acceptors (Lipinski definition) is 2. The molecule has 2 nitrogen and oxygen atoms in total. The Bertz CT molecular complexity index is 1110. The van der Waals surface area contributed by atoms with E-state index in [9.17, 15) is 0 Å². The van der Waals surface area contributed by atoms with Gasteiger partial charge < -0.3 is 0 Å². The highest BCUT2D eigenvalue weighted by atomic mass is 79.9. The quantitative estimate of drug-likeness (QED) is 0.209. The molecule has 4 aromatic rings. The van der Waals surface area contributed by atoms with E-state index in [4.69, 9.17) is 9.98 Å². The molecule has 0 spiro atoms. The van der Waals surface area contributed by atoms with E-state index < -0.39 is 0 Å². The van der Waals surface area contributed by atoms with Crippen LogP contribution in [0, 0.1) is 0 Å². The second-order valence-electron chi connectivity index (χ2n) is 7.31. The largest absolute Gasteiger partial charge is 0.282 e. The van der Waals surface area contributed by atoms with Crippen LogP contribution in [0.3, 0.4) is 0 Å². The molecule has 4 aromatic carbocycles. The molecule has 0 saturated heterocycles. The van der Waals surface area contributed by atoms with Crippen molar-refractivity contribution in [2.24, 2.45) is 9.98 Å². The third-order valence-corrected chi connectivity index (χ3v) is 6.58. The van der Waals surface area contributed by atoms with Gasteiger partial charge in [-0.05, 0) is 23.3 Å². The molecule has 158 valence electrons. The van der Waals surface area contributed by atoms with E-state index in [1.54, 1.807) is 0 Å². The van der Waals surface area contributed by atoms with E-state index in [2.05, 4.69) is 92.5 Å². The smallest absolute Gasteiger partial charge is 0.101 e. The Morgan fingerprint density at radius 2 is 0.812 bits per heavy atom. The molecule has 0 fully saturated rings. The molecule has 0 amide bonds. The van der Waals surface area contributed by atoms with E-state index in [0.717, 1.165) is 31.2 Å². The van der Waals surface area contributed by atoms with Crippen LogP contribution in [0.4, 0.5) is 0 Å². The molecule has 0 aromatic heterocycles. The minimum absolute atomic E-state index is 0.176. The van der Waals surface area contributed by atoms with Crippen molar-refractivity contribution < 1.29 is 0 Å². The maximum absolute atomic E-state index is 5.06. The Morgan fingerprint density at radius 1 is 0.469 bits per heavy atom. The van der Waals surface area contributed by atoms with E-state index in [-0.39, 0.29) is 12.1 Å². The summed E-state index contributed by atoms with van der Waals surface area (Å²) in [6, 6.07) is 36.6. The zero-order chi connectivity index (χ0) is 22.2. The fraction of sp³-hybridized carbons (Fsp3) is 0.0714. The van der Waals surface area contributed by atoms with Gasteiger partial charge in [-0.3, -0.25) is 9.98 Å². The lowest BCUT2D eigenvalue weighted by atomic mass is 9.94. The number of aliphatic imine (C=N–C) groups is 2. The van der Waals surface area contributed by atoms with Crippen LogP contribution in [0.15, 0.2) is 128 Å². The highest BCUT2D eigenvalue weighted by Gasteiger charge is 2.23. The lowest BCUT2D eigenvalue weighted by molar-refractivity contribution is 0.583. The van der Waals surface area contributed by atoms with Crippen molar-refractivity contribution in [2.45, 2.75) is 12.1 Å². The molecule has 0 N–H and O–H groups in total. The third kappa shape index (κ3) is 5.70. The molecule has 4 heteroatoms. The Balaban J connectivity index is 1.79. The topological polar surface area (TPSA) is 24.7 Å². The number of nitrogens with zero attached hydrogens (tertiary/aromatic N) is 2. The zero-order valence-corrected chi connectivity index (χ0v) is 20.5. The molecule has 0 heterocycles. The van der Waals surface area contributed by atoms with Gasteiger partial charge in [0.2, 0.25) is 0 Å². The molecule has 0 radical (unpaired) electrons. The van der Waals surface area contributed by atoms with Crippen LogP contribution in [0.1, 0.15) is 34.3 Å². The molecule has 0 aliphatic carbocycles. The van der Waals surface area contributed by atoms with E-state index in [1.165, 1.54) is 0 Å².